The molecule has 0 saturated heterocycles. The van der Waals surface area contributed by atoms with Crippen molar-refractivity contribution in [1.82, 2.24) is 10.1 Å². The molecule has 0 aliphatic carbocycles. The van der Waals surface area contributed by atoms with Crippen LogP contribution in [0.2, 0.25) is 0 Å². The third-order valence-corrected chi connectivity index (χ3v) is 2.46. The Morgan fingerprint density at radius 2 is 2.11 bits per heavy atom. The van der Waals surface area contributed by atoms with E-state index in [0.29, 0.717) is 5.82 Å². The van der Waals surface area contributed by atoms with Crippen molar-refractivity contribution in [2.45, 2.75) is 6.92 Å². The van der Waals surface area contributed by atoms with Crippen LogP contribution in [0.1, 0.15) is 16.2 Å². The molecule has 0 saturated carbocycles. The molecule has 0 aliphatic heterocycles. The lowest BCUT2D eigenvalue weighted by atomic mass is 10.1. The van der Waals surface area contributed by atoms with E-state index in [1.54, 1.807) is 19.2 Å². The number of rotatable bonds is 3. The normalized spacial score (nSPS) is 10.2. The van der Waals surface area contributed by atoms with Gasteiger partial charge in [-0.2, -0.15) is 4.98 Å². The van der Waals surface area contributed by atoms with Gasteiger partial charge in [0, 0.05) is 5.56 Å². The Morgan fingerprint density at radius 3 is 2.72 bits per heavy atom. The second kappa shape index (κ2) is 4.87. The summed E-state index contributed by atoms with van der Waals surface area (Å²) in [5, 5.41) is 3.74. The molecular weight excluding hydrogens is 236 g/mol. The summed E-state index contributed by atoms with van der Waals surface area (Å²) >= 11 is 0. The first-order valence-corrected chi connectivity index (χ1v) is 5.22. The molecule has 0 aliphatic rings. The van der Waals surface area contributed by atoms with Gasteiger partial charge in [-0.15, -0.1) is 0 Å². The van der Waals surface area contributed by atoms with Crippen LogP contribution in [0.5, 0.6) is 5.75 Å². The predicted molar refractivity (Wildman–Crippen MR) is 62.4 cm³/mol. The van der Waals surface area contributed by atoms with Crippen LogP contribution in [-0.2, 0) is 4.74 Å². The summed E-state index contributed by atoms with van der Waals surface area (Å²) in [5.41, 5.74) is 1.70. The van der Waals surface area contributed by atoms with Crippen molar-refractivity contribution in [3.63, 3.8) is 0 Å². The minimum Gasteiger partial charge on any atom is -0.497 e. The standard InChI is InChI=1S/C12H12N2O4/c1-7-6-8(16-2)4-5-9(7)10-13-11(18-14-10)12(15)17-3/h4-6H,1-3H3. The van der Waals surface area contributed by atoms with Gasteiger partial charge >= 0.3 is 11.9 Å². The molecule has 1 heterocycles. The average Bonchev–Trinajstić information content (AvgIpc) is 2.87. The van der Waals surface area contributed by atoms with E-state index in [9.17, 15) is 4.79 Å². The van der Waals surface area contributed by atoms with Crippen molar-refractivity contribution in [1.29, 1.82) is 0 Å². The lowest BCUT2D eigenvalue weighted by Gasteiger charge is -2.03. The first-order valence-electron chi connectivity index (χ1n) is 5.22. The number of ether oxygens (including phenoxy) is 2. The van der Waals surface area contributed by atoms with Crippen LogP contribution >= 0.6 is 0 Å². The van der Waals surface area contributed by atoms with Gasteiger partial charge in [0.2, 0.25) is 5.82 Å². The minimum atomic E-state index is -0.653. The fourth-order valence-electron chi connectivity index (χ4n) is 1.52. The number of hydrogen-bond acceptors (Lipinski definition) is 6. The Bertz CT molecular complexity index is 577. The van der Waals surface area contributed by atoms with Gasteiger partial charge in [0.05, 0.1) is 14.2 Å². The van der Waals surface area contributed by atoms with Gasteiger partial charge < -0.3 is 14.0 Å². The van der Waals surface area contributed by atoms with E-state index in [1.165, 1.54) is 7.11 Å². The summed E-state index contributed by atoms with van der Waals surface area (Å²) < 4.78 is 14.4. The van der Waals surface area contributed by atoms with Crippen molar-refractivity contribution in [2.75, 3.05) is 14.2 Å². The molecule has 1 aromatic heterocycles. The monoisotopic (exact) mass is 248 g/mol. The number of benzene rings is 1. The molecule has 2 rings (SSSR count). The van der Waals surface area contributed by atoms with E-state index in [4.69, 9.17) is 9.26 Å². The van der Waals surface area contributed by atoms with Crippen LogP contribution in [-0.4, -0.2) is 30.3 Å². The van der Waals surface area contributed by atoms with Crippen LogP contribution in [0.15, 0.2) is 22.7 Å². The quantitative estimate of drug-likeness (QED) is 0.771. The molecule has 0 spiro atoms. The smallest absolute Gasteiger partial charge is 0.397 e. The number of nitrogens with zero attached hydrogens (tertiary/aromatic N) is 2. The number of hydrogen-bond donors (Lipinski definition) is 0. The SMILES string of the molecule is COC(=O)c1nc(-c2ccc(OC)cc2C)no1. The summed E-state index contributed by atoms with van der Waals surface area (Å²) in [5.74, 6) is 0.270. The highest BCUT2D eigenvalue weighted by atomic mass is 16.6. The van der Waals surface area contributed by atoms with Crippen molar-refractivity contribution in [3.05, 3.63) is 29.7 Å². The second-order valence-electron chi connectivity index (χ2n) is 3.60. The number of carbonyl (C=O) groups is 1. The maximum atomic E-state index is 11.2. The zero-order chi connectivity index (χ0) is 13.1. The van der Waals surface area contributed by atoms with E-state index in [1.807, 2.05) is 13.0 Å². The summed E-state index contributed by atoms with van der Waals surface area (Å²) in [4.78, 5) is 15.2. The topological polar surface area (TPSA) is 74.5 Å². The third-order valence-electron chi connectivity index (χ3n) is 2.46. The van der Waals surface area contributed by atoms with Crippen molar-refractivity contribution >= 4 is 5.97 Å². The molecule has 0 bridgehead atoms. The second-order valence-corrected chi connectivity index (χ2v) is 3.60. The third kappa shape index (κ3) is 2.17. The molecular formula is C12H12N2O4. The van der Waals surface area contributed by atoms with E-state index in [-0.39, 0.29) is 5.89 Å². The molecule has 0 atom stereocenters. The summed E-state index contributed by atoms with van der Waals surface area (Å²) in [7, 11) is 2.85. The molecule has 1 aromatic carbocycles. The van der Waals surface area contributed by atoms with Crippen molar-refractivity contribution < 1.29 is 18.8 Å². The van der Waals surface area contributed by atoms with Gasteiger partial charge in [0.1, 0.15) is 5.75 Å². The van der Waals surface area contributed by atoms with Crippen LogP contribution < -0.4 is 4.74 Å². The Morgan fingerprint density at radius 1 is 1.33 bits per heavy atom. The van der Waals surface area contributed by atoms with Gasteiger partial charge in [-0.3, -0.25) is 0 Å². The molecule has 2 aromatic rings. The van der Waals surface area contributed by atoms with Crippen LogP contribution in [0.4, 0.5) is 0 Å². The maximum absolute atomic E-state index is 11.2. The predicted octanol–water partition coefficient (Wildman–Crippen LogP) is 1.84. The first kappa shape index (κ1) is 12.1. The molecule has 6 nitrogen and oxygen atoms in total. The summed E-state index contributed by atoms with van der Waals surface area (Å²) in [6, 6.07) is 5.44. The first-order chi connectivity index (χ1) is 8.65. The number of aromatic nitrogens is 2. The summed E-state index contributed by atoms with van der Waals surface area (Å²) in [6.07, 6.45) is 0. The Kier molecular flexibility index (Phi) is 3.27. The molecule has 0 unspecified atom stereocenters. The molecule has 0 radical (unpaired) electrons. The zero-order valence-electron chi connectivity index (χ0n) is 10.3. The zero-order valence-corrected chi connectivity index (χ0v) is 10.3. The Hall–Kier alpha value is -2.37. The highest BCUT2D eigenvalue weighted by Crippen LogP contribution is 2.24. The fraction of sp³-hybridized carbons (Fsp3) is 0.250. The van der Waals surface area contributed by atoms with Crippen molar-refractivity contribution in [3.8, 4) is 17.1 Å². The van der Waals surface area contributed by atoms with Crippen LogP contribution in [0.25, 0.3) is 11.4 Å². The number of esters is 1. The summed E-state index contributed by atoms with van der Waals surface area (Å²) in [6.45, 7) is 1.89. The lowest BCUT2D eigenvalue weighted by Crippen LogP contribution is -2.01. The van der Waals surface area contributed by atoms with Gasteiger partial charge in [-0.25, -0.2) is 4.79 Å². The Labute approximate surface area is 104 Å². The molecule has 0 N–H and O–H groups in total. The van der Waals surface area contributed by atoms with E-state index >= 15 is 0 Å². The van der Waals surface area contributed by atoms with E-state index in [0.717, 1.165) is 16.9 Å². The van der Waals surface area contributed by atoms with E-state index < -0.39 is 5.97 Å². The van der Waals surface area contributed by atoms with Gasteiger partial charge in [-0.05, 0) is 30.7 Å². The van der Waals surface area contributed by atoms with E-state index in [2.05, 4.69) is 14.9 Å². The molecule has 6 heteroatoms. The Balaban J connectivity index is 2.37. The van der Waals surface area contributed by atoms with Crippen LogP contribution in [0.3, 0.4) is 0 Å². The van der Waals surface area contributed by atoms with Crippen LogP contribution in [0, 0.1) is 6.92 Å². The largest absolute Gasteiger partial charge is 0.497 e. The van der Waals surface area contributed by atoms with Crippen molar-refractivity contribution in [2.24, 2.45) is 0 Å². The van der Waals surface area contributed by atoms with Gasteiger partial charge in [0.25, 0.3) is 0 Å². The molecule has 18 heavy (non-hydrogen) atoms. The molecule has 94 valence electrons. The fourth-order valence-corrected chi connectivity index (χ4v) is 1.52. The van der Waals surface area contributed by atoms with Gasteiger partial charge in [-0.1, -0.05) is 5.16 Å². The average molecular weight is 248 g/mol. The minimum absolute atomic E-state index is 0.164. The molecule has 0 amide bonds. The number of carbonyl (C=O) groups excluding carboxylic acids is 1. The van der Waals surface area contributed by atoms with Gasteiger partial charge in [0.15, 0.2) is 0 Å². The lowest BCUT2D eigenvalue weighted by molar-refractivity contribution is 0.0545. The maximum Gasteiger partial charge on any atom is 0.397 e. The number of methoxy groups -OCH3 is 2. The molecule has 0 fully saturated rings. The highest BCUT2D eigenvalue weighted by molar-refractivity contribution is 5.84. The highest BCUT2D eigenvalue weighted by Gasteiger charge is 2.17. The number of aryl methyl sites for hydroxylation is 1.